The molecule has 4 N–H and O–H groups in total. The maximum Gasteiger partial charge on any atom is 0.223 e. The smallest absolute Gasteiger partial charge is 0.223 e. The Kier molecular flexibility index (Phi) is 5.76. The van der Waals surface area contributed by atoms with Crippen molar-refractivity contribution in [3.8, 4) is 22.6 Å². The molecule has 3 aromatic rings. The lowest BCUT2D eigenvalue weighted by Gasteiger charge is -2.33. The van der Waals surface area contributed by atoms with Crippen molar-refractivity contribution >= 4 is 5.95 Å². The minimum Gasteiger partial charge on any atom is -0.354 e. The molecule has 1 aliphatic heterocycles. The molecular formula is C21H25FN6O2. The largest absolute Gasteiger partial charge is 0.354 e. The van der Waals surface area contributed by atoms with Crippen molar-refractivity contribution in [1.82, 2.24) is 19.9 Å². The fourth-order valence-electron chi connectivity index (χ4n) is 3.10. The van der Waals surface area contributed by atoms with Gasteiger partial charge in [0.05, 0.1) is 35.8 Å². The normalized spacial score (nSPS) is 21.5. The first-order valence-electron chi connectivity index (χ1n) is 9.90. The van der Waals surface area contributed by atoms with Crippen LogP contribution in [-0.4, -0.2) is 45.2 Å². The predicted octanol–water partition coefficient (Wildman–Crippen LogP) is 3.26. The first-order valence-corrected chi connectivity index (χ1v) is 9.90. The molecule has 3 heterocycles. The van der Waals surface area contributed by atoms with Gasteiger partial charge >= 0.3 is 0 Å². The summed E-state index contributed by atoms with van der Waals surface area (Å²) in [6, 6.07) is 7.94. The number of nitrogens with two attached hydrogens (primary N) is 1. The molecule has 0 unspecified atom stereocenters. The number of imidazole rings is 1. The van der Waals surface area contributed by atoms with Crippen LogP contribution in [0.3, 0.4) is 0 Å². The monoisotopic (exact) mass is 412 g/mol. The number of H-pyrrole nitrogens is 1. The van der Waals surface area contributed by atoms with Crippen molar-refractivity contribution in [3.63, 3.8) is 0 Å². The Morgan fingerprint density at radius 1 is 1.20 bits per heavy atom. The van der Waals surface area contributed by atoms with E-state index in [4.69, 9.17) is 20.2 Å². The molecule has 8 nitrogen and oxygen atoms in total. The average molecular weight is 412 g/mol. The first kappa shape index (κ1) is 20.4. The Morgan fingerprint density at radius 2 is 1.93 bits per heavy atom. The Bertz CT molecular complexity index is 995. The van der Waals surface area contributed by atoms with E-state index in [9.17, 15) is 4.39 Å². The van der Waals surface area contributed by atoms with Gasteiger partial charge in [0.2, 0.25) is 12.2 Å². The maximum atomic E-state index is 13.5. The highest BCUT2D eigenvalue weighted by molar-refractivity contribution is 5.77. The van der Waals surface area contributed by atoms with E-state index in [1.165, 1.54) is 12.1 Å². The predicted molar refractivity (Wildman–Crippen MR) is 111 cm³/mol. The minimum absolute atomic E-state index is 0.315. The third-order valence-electron chi connectivity index (χ3n) is 4.64. The van der Waals surface area contributed by atoms with E-state index >= 15 is 0 Å². The molecule has 30 heavy (non-hydrogen) atoms. The molecule has 9 heteroatoms. The summed E-state index contributed by atoms with van der Waals surface area (Å²) >= 11 is 0. The van der Waals surface area contributed by atoms with Crippen LogP contribution in [0.15, 0.2) is 36.5 Å². The zero-order chi connectivity index (χ0) is 21.1. The molecule has 2 aromatic heterocycles. The van der Waals surface area contributed by atoms with E-state index in [1.54, 1.807) is 24.4 Å². The van der Waals surface area contributed by atoms with Crippen LogP contribution in [0.4, 0.5) is 10.3 Å². The minimum atomic E-state index is -0.672. The molecule has 0 atom stereocenters. The lowest BCUT2D eigenvalue weighted by Crippen LogP contribution is -2.50. The van der Waals surface area contributed by atoms with Crippen molar-refractivity contribution in [2.45, 2.75) is 32.1 Å². The molecule has 0 amide bonds. The molecule has 0 aliphatic carbocycles. The quantitative estimate of drug-likeness (QED) is 0.570. The molecule has 1 aliphatic rings. The lowest BCUT2D eigenvalue weighted by atomic mass is 10.1. The third kappa shape index (κ3) is 4.48. The second-order valence-corrected chi connectivity index (χ2v) is 7.65. The summed E-state index contributed by atoms with van der Waals surface area (Å²) < 4.78 is 25.0. The summed E-state index contributed by atoms with van der Waals surface area (Å²) in [7, 11) is 0. The van der Waals surface area contributed by atoms with Crippen molar-refractivity contribution in [2.75, 3.05) is 25.1 Å². The van der Waals surface area contributed by atoms with Crippen LogP contribution in [0.25, 0.3) is 22.6 Å². The van der Waals surface area contributed by atoms with Gasteiger partial charge in [0.15, 0.2) is 5.82 Å². The van der Waals surface area contributed by atoms with Crippen LogP contribution in [0.1, 0.15) is 32.4 Å². The Morgan fingerprint density at radius 3 is 2.63 bits per heavy atom. The number of hydrogen-bond acceptors (Lipinski definition) is 7. The van der Waals surface area contributed by atoms with Gasteiger partial charge in [0, 0.05) is 18.3 Å². The highest BCUT2D eigenvalue weighted by Gasteiger charge is 2.32. The van der Waals surface area contributed by atoms with Crippen molar-refractivity contribution in [3.05, 3.63) is 48.2 Å². The van der Waals surface area contributed by atoms with E-state index < -0.39 is 11.8 Å². The summed E-state index contributed by atoms with van der Waals surface area (Å²) in [5.74, 6) is 0.714. The Balaban J connectivity index is 1.73. The fourth-order valence-corrected chi connectivity index (χ4v) is 3.10. The molecule has 1 fully saturated rings. The summed E-state index contributed by atoms with van der Waals surface area (Å²) in [5.41, 5.74) is 8.22. The molecule has 1 saturated heterocycles. The van der Waals surface area contributed by atoms with Gasteiger partial charge < -0.3 is 25.5 Å². The summed E-state index contributed by atoms with van der Waals surface area (Å²) in [4.78, 5) is 16.8. The van der Waals surface area contributed by atoms with Gasteiger partial charge in [-0.3, -0.25) is 0 Å². The molecule has 0 spiro atoms. The van der Waals surface area contributed by atoms with Crippen molar-refractivity contribution < 1.29 is 13.9 Å². The number of hydrogen-bond donors (Lipinski definition) is 3. The number of anilines is 1. The van der Waals surface area contributed by atoms with Gasteiger partial charge in [0.25, 0.3) is 0 Å². The van der Waals surface area contributed by atoms with Gasteiger partial charge in [-0.2, -0.15) is 0 Å². The fraction of sp³-hybridized carbons (Fsp3) is 0.381. The second kappa shape index (κ2) is 8.47. The third-order valence-corrected chi connectivity index (χ3v) is 4.64. The maximum absolute atomic E-state index is 13.5. The number of aromatic amines is 1. The van der Waals surface area contributed by atoms with E-state index in [-0.39, 0.29) is 5.82 Å². The summed E-state index contributed by atoms with van der Waals surface area (Å²) in [5, 5.41) is 3.18. The van der Waals surface area contributed by atoms with E-state index in [2.05, 4.69) is 27.2 Å². The number of nitrogens with one attached hydrogen (secondary N) is 2. The first-order chi connectivity index (χ1) is 14.4. The topological polar surface area (TPSA) is 111 Å². The van der Waals surface area contributed by atoms with E-state index in [1.807, 2.05) is 6.92 Å². The van der Waals surface area contributed by atoms with Crippen LogP contribution in [0.2, 0.25) is 0 Å². The van der Waals surface area contributed by atoms with Gasteiger partial charge in [-0.05, 0) is 43.7 Å². The lowest BCUT2D eigenvalue weighted by molar-refractivity contribution is -0.211. The molecular weight excluding hydrogens is 387 g/mol. The van der Waals surface area contributed by atoms with E-state index in [0.717, 1.165) is 18.5 Å². The highest BCUT2D eigenvalue weighted by Crippen LogP contribution is 2.33. The number of nitrogens with zero attached hydrogens (tertiary/aromatic N) is 3. The van der Waals surface area contributed by atoms with Crippen LogP contribution in [-0.2, 0) is 9.47 Å². The number of rotatable bonds is 6. The Hall–Kier alpha value is -2.88. The number of benzene rings is 1. The summed E-state index contributed by atoms with van der Waals surface area (Å²) in [6.45, 7) is 5.40. The van der Waals surface area contributed by atoms with E-state index in [0.29, 0.717) is 42.1 Å². The number of aromatic nitrogens is 4. The Labute approximate surface area is 174 Å². The SMILES string of the molecule is CCCNc1nccc(-c2[nH]c(C3OCC(C)(N)CO3)nc2-c2ccc(F)cc2)n1. The molecule has 0 saturated carbocycles. The average Bonchev–Trinajstić information content (AvgIpc) is 3.18. The second-order valence-electron chi connectivity index (χ2n) is 7.65. The van der Waals surface area contributed by atoms with Crippen molar-refractivity contribution in [2.24, 2.45) is 5.73 Å². The van der Waals surface area contributed by atoms with Gasteiger partial charge in [0.1, 0.15) is 5.82 Å². The van der Waals surface area contributed by atoms with Crippen LogP contribution in [0, 0.1) is 5.82 Å². The number of ether oxygens (including phenoxy) is 2. The molecule has 0 bridgehead atoms. The van der Waals surface area contributed by atoms with Crippen molar-refractivity contribution in [1.29, 1.82) is 0 Å². The van der Waals surface area contributed by atoms with Crippen LogP contribution < -0.4 is 11.1 Å². The summed E-state index contributed by atoms with van der Waals surface area (Å²) in [6.07, 6.45) is 1.97. The van der Waals surface area contributed by atoms with Crippen LogP contribution >= 0.6 is 0 Å². The van der Waals surface area contributed by atoms with Gasteiger partial charge in [-0.15, -0.1) is 0 Å². The molecule has 1 aromatic carbocycles. The van der Waals surface area contributed by atoms with Crippen LogP contribution in [0.5, 0.6) is 0 Å². The molecule has 4 rings (SSSR count). The van der Waals surface area contributed by atoms with Gasteiger partial charge in [-0.25, -0.2) is 19.3 Å². The number of halogens is 1. The zero-order valence-corrected chi connectivity index (χ0v) is 17.0. The molecule has 158 valence electrons. The standard InChI is InChI=1S/C21H25FN6O2/c1-3-9-24-20-25-10-8-15(26-20)17-16(13-4-6-14(22)7-5-13)27-18(28-17)19-29-11-21(2,23)12-30-19/h4-8,10,19H,3,9,11-12,23H2,1-2H3,(H,27,28)(H,24,25,26). The molecule has 0 radical (unpaired) electrons. The van der Waals surface area contributed by atoms with Gasteiger partial charge in [-0.1, -0.05) is 6.92 Å². The highest BCUT2D eigenvalue weighted by atomic mass is 19.1. The zero-order valence-electron chi connectivity index (χ0n) is 17.0.